The smallest absolute Gasteiger partial charge is 0.241 e. The maximum absolute atomic E-state index is 13.3. The molecule has 194 valence electrons. The molecule has 0 saturated carbocycles. The largest absolute Gasteiger partial charge is 0.384 e. The van der Waals surface area contributed by atoms with Crippen LogP contribution in [0.5, 0.6) is 0 Å². The number of hydrogen-bond acceptors (Lipinski definition) is 7. The van der Waals surface area contributed by atoms with Gasteiger partial charge in [0, 0.05) is 25.7 Å². The third kappa shape index (κ3) is 6.53. The zero-order chi connectivity index (χ0) is 26.6. The highest BCUT2D eigenvalue weighted by Gasteiger charge is 2.25. The van der Waals surface area contributed by atoms with Crippen LogP contribution < -0.4 is 15.4 Å². The number of thiazole rings is 1. The number of sulfonamides is 1. The van der Waals surface area contributed by atoms with E-state index in [4.69, 9.17) is 16.1 Å². The molecule has 1 aromatic heterocycles. The van der Waals surface area contributed by atoms with Gasteiger partial charge in [-0.15, -0.1) is 11.3 Å². The van der Waals surface area contributed by atoms with Gasteiger partial charge >= 0.3 is 0 Å². The second-order valence-corrected chi connectivity index (χ2v) is 12.0. The maximum atomic E-state index is 13.3. The van der Waals surface area contributed by atoms with Gasteiger partial charge in [0.1, 0.15) is 10.8 Å². The molecular weight excluding hydrogens is 504 g/mol. The predicted octanol–water partition coefficient (Wildman–Crippen LogP) is 3.84. The van der Waals surface area contributed by atoms with Crippen molar-refractivity contribution in [2.24, 2.45) is 5.73 Å². The SMILES string of the molecule is CN(C)CCN(C)c1cccc2nc(C(Cc3cccc(C(=N)N)c3)NS(=O)(=O)c3ccccc3)sc12. The lowest BCUT2D eigenvalue weighted by atomic mass is 10.0. The molecule has 0 aliphatic heterocycles. The van der Waals surface area contributed by atoms with Gasteiger partial charge in [0.05, 0.1) is 26.8 Å². The van der Waals surface area contributed by atoms with E-state index in [2.05, 4.69) is 27.6 Å². The Labute approximate surface area is 222 Å². The van der Waals surface area contributed by atoms with Crippen molar-refractivity contribution in [2.45, 2.75) is 17.4 Å². The summed E-state index contributed by atoms with van der Waals surface area (Å²) in [5, 5.41) is 8.46. The Morgan fingerprint density at radius 2 is 1.76 bits per heavy atom. The molecule has 4 aromatic rings. The van der Waals surface area contributed by atoms with Gasteiger partial charge in [-0.25, -0.2) is 18.1 Å². The number of likely N-dealkylation sites (N-methyl/N-ethyl adjacent to an activating group) is 2. The molecule has 0 bridgehead atoms. The summed E-state index contributed by atoms with van der Waals surface area (Å²) in [7, 11) is 2.34. The van der Waals surface area contributed by atoms with Crippen LogP contribution in [0, 0.1) is 5.41 Å². The first kappa shape index (κ1) is 26.7. The molecule has 1 heterocycles. The van der Waals surface area contributed by atoms with Gasteiger partial charge < -0.3 is 15.5 Å². The number of nitrogens with two attached hydrogens (primary N) is 1. The van der Waals surface area contributed by atoms with Crippen LogP contribution in [0.1, 0.15) is 22.2 Å². The second kappa shape index (κ2) is 11.4. The number of nitrogen functional groups attached to an aromatic ring is 1. The van der Waals surface area contributed by atoms with E-state index in [1.165, 1.54) is 11.3 Å². The summed E-state index contributed by atoms with van der Waals surface area (Å²) in [5.74, 6) is -0.0337. The van der Waals surface area contributed by atoms with E-state index in [1.807, 2.05) is 44.4 Å². The molecule has 0 saturated heterocycles. The molecule has 1 atom stereocenters. The first-order valence-electron chi connectivity index (χ1n) is 11.9. The van der Waals surface area contributed by atoms with Crippen molar-refractivity contribution in [1.29, 1.82) is 5.41 Å². The van der Waals surface area contributed by atoms with Crippen LogP contribution >= 0.6 is 11.3 Å². The highest BCUT2D eigenvalue weighted by Crippen LogP contribution is 2.35. The quantitative estimate of drug-likeness (QED) is 0.198. The number of anilines is 1. The lowest BCUT2D eigenvalue weighted by molar-refractivity contribution is 0.417. The number of benzene rings is 3. The van der Waals surface area contributed by atoms with E-state index >= 15 is 0 Å². The summed E-state index contributed by atoms with van der Waals surface area (Å²) in [6.07, 6.45) is 0.360. The van der Waals surface area contributed by atoms with Gasteiger partial charge in [0.15, 0.2) is 0 Å². The van der Waals surface area contributed by atoms with Crippen LogP contribution in [0.3, 0.4) is 0 Å². The number of fused-ring (bicyclic) bond motifs is 1. The molecule has 4 N–H and O–H groups in total. The van der Waals surface area contributed by atoms with Crippen molar-refractivity contribution >= 4 is 43.1 Å². The van der Waals surface area contributed by atoms with Gasteiger partial charge in [0.2, 0.25) is 10.0 Å². The van der Waals surface area contributed by atoms with Crippen molar-refractivity contribution in [2.75, 3.05) is 39.1 Å². The third-order valence-electron chi connectivity index (χ3n) is 6.03. The number of hydrogen-bond donors (Lipinski definition) is 3. The van der Waals surface area contributed by atoms with E-state index in [1.54, 1.807) is 36.4 Å². The van der Waals surface area contributed by atoms with E-state index in [0.29, 0.717) is 17.0 Å². The van der Waals surface area contributed by atoms with E-state index in [-0.39, 0.29) is 10.7 Å². The molecule has 0 spiro atoms. The number of aromatic nitrogens is 1. The topological polar surface area (TPSA) is 115 Å². The highest BCUT2D eigenvalue weighted by molar-refractivity contribution is 7.89. The van der Waals surface area contributed by atoms with E-state index < -0.39 is 16.1 Å². The normalized spacial score (nSPS) is 12.6. The number of nitrogens with one attached hydrogen (secondary N) is 2. The van der Waals surface area contributed by atoms with Gasteiger partial charge in [-0.2, -0.15) is 0 Å². The molecule has 8 nitrogen and oxygen atoms in total. The van der Waals surface area contributed by atoms with Crippen LogP contribution in [-0.2, 0) is 16.4 Å². The zero-order valence-electron chi connectivity index (χ0n) is 21.2. The molecule has 1 unspecified atom stereocenters. The molecule has 3 aromatic carbocycles. The summed E-state index contributed by atoms with van der Waals surface area (Å²) < 4.78 is 30.5. The van der Waals surface area contributed by atoms with E-state index in [9.17, 15) is 8.42 Å². The minimum absolute atomic E-state index is 0.0337. The summed E-state index contributed by atoms with van der Waals surface area (Å²) in [5.41, 5.74) is 9.04. The fourth-order valence-corrected chi connectivity index (χ4v) is 6.49. The average molecular weight is 537 g/mol. The molecule has 0 aliphatic carbocycles. The molecule has 0 fully saturated rings. The first-order chi connectivity index (χ1) is 17.6. The molecule has 0 radical (unpaired) electrons. The predicted molar refractivity (Wildman–Crippen MR) is 152 cm³/mol. The summed E-state index contributed by atoms with van der Waals surface area (Å²) >= 11 is 1.50. The second-order valence-electron chi connectivity index (χ2n) is 9.21. The molecule has 10 heteroatoms. The average Bonchev–Trinajstić information content (AvgIpc) is 3.32. The fourth-order valence-electron chi connectivity index (χ4n) is 4.01. The lowest BCUT2D eigenvalue weighted by Crippen LogP contribution is -2.30. The van der Waals surface area contributed by atoms with Crippen LogP contribution in [-0.4, -0.2) is 58.4 Å². The molecular formula is C27H32N6O2S2. The first-order valence-corrected chi connectivity index (χ1v) is 14.2. The fraction of sp³-hybridized carbons (Fsp3) is 0.259. The zero-order valence-corrected chi connectivity index (χ0v) is 22.8. The monoisotopic (exact) mass is 536 g/mol. The molecule has 0 aliphatic rings. The van der Waals surface area contributed by atoms with Gasteiger partial charge in [-0.05, 0) is 56.4 Å². The summed E-state index contributed by atoms with van der Waals surface area (Å²) in [4.78, 5) is 9.40. The van der Waals surface area contributed by atoms with Crippen LogP contribution in [0.15, 0.2) is 77.7 Å². The van der Waals surface area contributed by atoms with Crippen molar-refractivity contribution in [3.8, 4) is 0 Å². The Morgan fingerprint density at radius 1 is 1.03 bits per heavy atom. The summed E-state index contributed by atoms with van der Waals surface area (Å²) in [6.45, 7) is 1.76. The Bertz CT molecular complexity index is 1490. The van der Waals surface area contributed by atoms with Crippen molar-refractivity contribution in [1.82, 2.24) is 14.6 Å². The van der Waals surface area contributed by atoms with Crippen LogP contribution in [0.25, 0.3) is 10.2 Å². The number of amidine groups is 1. The van der Waals surface area contributed by atoms with Gasteiger partial charge in [-0.1, -0.05) is 42.5 Å². The maximum Gasteiger partial charge on any atom is 0.241 e. The van der Waals surface area contributed by atoms with Gasteiger partial charge in [-0.3, -0.25) is 5.41 Å². The van der Waals surface area contributed by atoms with Crippen LogP contribution in [0.4, 0.5) is 5.69 Å². The molecule has 0 amide bonds. The van der Waals surface area contributed by atoms with E-state index in [0.717, 1.165) is 34.6 Å². The number of rotatable bonds is 11. The minimum Gasteiger partial charge on any atom is -0.384 e. The molecule has 4 rings (SSSR count). The van der Waals surface area contributed by atoms with Crippen LogP contribution in [0.2, 0.25) is 0 Å². The Morgan fingerprint density at radius 3 is 2.46 bits per heavy atom. The minimum atomic E-state index is -3.80. The van der Waals surface area contributed by atoms with Gasteiger partial charge in [0.25, 0.3) is 0 Å². The van der Waals surface area contributed by atoms with Crippen molar-refractivity contribution in [3.05, 3.63) is 88.9 Å². The number of nitrogens with zero attached hydrogens (tertiary/aromatic N) is 3. The Hall–Kier alpha value is -3.31. The Balaban J connectivity index is 1.74. The van der Waals surface area contributed by atoms with Crippen molar-refractivity contribution < 1.29 is 8.42 Å². The molecule has 37 heavy (non-hydrogen) atoms. The standard InChI is InChI=1S/C27H32N6O2S2/c1-32(2)15-16-33(3)24-14-8-13-22-25(24)36-27(30-22)23(18-19-9-7-10-20(17-19)26(28)29)31-37(34,35)21-11-5-4-6-12-21/h4-14,17,23,31H,15-16,18H2,1-3H3,(H3,28,29). The van der Waals surface area contributed by atoms with Crippen molar-refractivity contribution in [3.63, 3.8) is 0 Å². The Kier molecular flexibility index (Phi) is 8.23. The third-order valence-corrected chi connectivity index (χ3v) is 8.73. The summed E-state index contributed by atoms with van der Waals surface area (Å²) in [6, 6.07) is 21.1. The highest BCUT2D eigenvalue weighted by atomic mass is 32.2. The lowest BCUT2D eigenvalue weighted by Gasteiger charge is -2.22.